The molecule has 5 N–H and O–H groups in total. The quantitative estimate of drug-likeness (QED) is 0.184. The van der Waals surface area contributed by atoms with Crippen LogP contribution in [0.15, 0.2) is 52.4 Å². The van der Waals surface area contributed by atoms with Crippen LogP contribution in [0.5, 0.6) is 0 Å². The normalized spacial score (nSPS) is 12.4. The van der Waals surface area contributed by atoms with Crippen molar-refractivity contribution in [2.75, 3.05) is 0 Å². The number of nitrogens with zero attached hydrogens (tertiary/aromatic N) is 4. The zero-order chi connectivity index (χ0) is 22.7. The van der Waals surface area contributed by atoms with Gasteiger partial charge < -0.3 is 15.8 Å². The summed E-state index contributed by atoms with van der Waals surface area (Å²) in [5.74, 6) is 0. The van der Waals surface area contributed by atoms with Crippen LogP contribution in [-0.2, 0) is 0 Å². The molecule has 0 radical (unpaired) electrons. The Bertz CT molecular complexity index is 1290. The summed E-state index contributed by atoms with van der Waals surface area (Å²) >= 11 is 4.69. The van der Waals surface area contributed by atoms with Gasteiger partial charge in [-0.3, -0.25) is 30.4 Å². The summed E-state index contributed by atoms with van der Waals surface area (Å²) in [5.41, 5.74) is 6.30. The molecule has 0 aliphatic heterocycles. The zero-order valence-corrected chi connectivity index (χ0v) is 16.2. The molecule has 1 unspecified atom stereocenters. The van der Waals surface area contributed by atoms with Crippen molar-refractivity contribution >= 4 is 45.5 Å². The molecule has 158 valence electrons. The van der Waals surface area contributed by atoms with Gasteiger partial charge in [0.15, 0.2) is 10.8 Å². The summed E-state index contributed by atoms with van der Waals surface area (Å²) in [6.45, 7) is 0. The number of fused-ring (bicyclic) bond motifs is 1. The van der Waals surface area contributed by atoms with Gasteiger partial charge in [0, 0.05) is 24.3 Å². The number of rotatable bonds is 6. The minimum atomic E-state index is -1.54. The van der Waals surface area contributed by atoms with E-state index in [1.54, 1.807) is 0 Å². The first-order valence-electron chi connectivity index (χ1n) is 8.41. The second-order valence-electron chi connectivity index (χ2n) is 6.10. The number of hydrogen-bond acceptors (Lipinski definition) is 9. The molecular formula is C17H13N7O6S. The molecule has 31 heavy (non-hydrogen) atoms. The molecule has 3 aromatic rings. The molecular weight excluding hydrogens is 430 g/mol. The molecule has 1 heterocycles. The van der Waals surface area contributed by atoms with Crippen LogP contribution >= 0.6 is 12.2 Å². The van der Waals surface area contributed by atoms with Crippen molar-refractivity contribution in [1.29, 1.82) is 0 Å². The van der Waals surface area contributed by atoms with Crippen LogP contribution in [0.25, 0.3) is 11.0 Å². The average Bonchev–Trinajstić information content (AvgIpc) is 2.73. The topological polar surface area (TPSA) is 203 Å². The lowest BCUT2D eigenvalue weighted by Crippen LogP contribution is -2.31. The molecule has 0 bridgehead atoms. The van der Waals surface area contributed by atoms with E-state index in [4.69, 9.17) is 18.0 Å². The fraction of sp³-hybridized carbons (Fsp3) is 0.0588. The molecule has 2 aromatic carbocycles. The van der Waals surface area contributed by atoms with E-state index in [2.05, 4.69) is 20.5 Å². The number of hydrazone groups is 1. The number of nitro groups is 2. The molecule has 0 fully saturated rings. The van der Waals surface area contributed by atoms with E-state index in [-0.39, 0.29) is 44.5 Å². The first-order valence-corrected chi connectivity index (χ1v) is 8.82. The molecule has 0 saturated heterocycles. The number of hydrogen-bond donors (Lipinski definition) is 4. The summed E-state index contributed by atoms with van der Waals surface area (Å²) in [6.07, 6.45) is -1.54. The number of aromatic amines is 1. The van der Waals surface area contributed by atoms with Crippen molar-refractivity contribution in [2.45, 2.75) is 6.10 Å². The minimum absolute atomic E-state index is 0.106. The fourth-order valence-corrected chi connectivity index (χ4v) is 2.70. The third-order valence-electron chi connectivity index (χ3n) is 4.09. The number of non-ortho nitro benzene ring substituents is 2. The van der Waals surface area contributed by atoms with Gasteiger partial charge in [-0.25, -0.2) is 4.98 Å². The zero-order valence-electron chi connectivity index (χ0n) is 15.4. The number of H-pyrrole nitrogens is 1. The highest BCUT2D eigenvalue weighted by Gasteiger charge is 2.23. The third kappa shape index (κ3) is 4.65. The first-order chi connectivity index (χ1) is 14.7. The van der Waals surface area contributed by atoms with E-state index in [0.29, 0.717) is 0 Å². The van der Waals surface area contributed by atoms with Crippen molar-refractivity contribution in [3.63, 3.8) is 0 Å². The predicted octanol–water partition coefficient (Wildman–Crippen LogP) is 1.01. The van der Waals surface area contributed by atoms with Gasteiger partial charge in [0.25, 0.3) is 16.9 Å². The fourth-order valence-electron chi connectivity index (χ4n) is 2.66. The average molecular weight is 443 g/mol. The summed E-state index contributed by atoms with van der Waals surface area (Å²) in [6, 6.07) is 8.60. The molecule has 0 saturated carbocycles. The van der Waals surface area contributed by atoms with E-state index >= 15 is 0 Å². The Morgan fingerprint density at radius 2 is 1.77 bits per heavy atom. The van der Waals surface area contributed by atoms with E-state index < -0.39 is 21.5 Å². The van der Waals surface area contributed by atoms with Gasteiger partial charge in [-0.05, 0) is 36.0 Å². The molecule has 0 aliphatic rings. The lowest BCUT2D eigenvalue weighted by Gasteiger charge is -2.14. The Kier molecular flexibility index (Phi) is 5.94. The highest BCUT2D eigenvalue weighted by Crippen LogP contribution is 2.22. The Labute approximate surface area is 177 Å². The maximum atomic E-state index is 12.6. The van der Waals surface area contributed by atoms with Gasteiger partial charge in [-0.2, -0.15) is 5.10 Å². The minimum Gasteiger partial charge on any atom is -0.382 e. The SMILES string of the molecule is NC(=S)N/N=C(/c1nc2ccc([N+](=O)[O-])cc2[nH]c1=O)C(O)c1ccc([N+](=O)[O-])cc1. The van der Waals surface area contributed by atoms with Crippen molar-refractivity contribution in [3.05, 3.63) is 84.3 Å². The molecule has 13 nitrogen and oxygen atoms in total. The van der Waals surface area contributed by atoms with E-state index in [9.17, 15) is 30.1 Å². The molecule has 3 rings (SSSR count). The summed E-state index contributed by atoms with van der Waals surface area (Å²) in [5, 5.41) is 36.2. The predicted molar refractivity (Wildman–Crippen MR) is 114 cm³/mol. The van der Waals surface area contributed by atoms with Crippen LogP contribution in [0.1, 0.15) is 17.4 Å². The smallest absolute Gasteiger partial charge is 0.276 e. The van der Waals surface area contributed by atoms with Gasteiger partial charge in [-0.1, -0.05) is 0 Å². The van der Waals surface area contributed by atoms with Crippen LogP contribution in [0.2, 0.25) is 0 Å². The number of aliphatic hydroxyl groups excluding tert-OH is 1. The highest BCUT2D eigenvalue weighted by atomic mass is 32.1. The van der Waals surface area contributed by atoms with Gasteiger partial charge in [0.1, 0.15) is 11.8 Å². The number of aliphatic hydroxyl groups is 1. The molecule has 0 spiro atoms. The van der Waals surface area contributed by atoms with E-state index in [1.165, 1.54) is 36.4 Å². The van der Waals surface area contributed by atoms with Crippen LogP contribution in [0.3, 0.4) is 0 Å². The van der Waals surface area contributed by atoms with Crippen LogP contribution in [0, 0.1) is 20.2 Å². The molecule has 1 atom stereocenters. The van der Waals surface area contributed by atoms with Crippen molar-refractivity contribution in [2.24, 2.45) is 10.8 Å². The number of aromatic nitrogens is 2. The molecule has 0 aliphatic carbocycles. The monoisotopic (exact) mass is 443 g/mol. The first kappa shape index (κ1) is 21.4. The van der Waals surface area contributed by atoms with E-state index in [0.717, 1.165) is 6.07 Å². The Balaban J connectivity index is 2.11. The van der Waals surface area contributed by atoms with Crippen molar-refractivity contribution in [3.8, 4) is 0 Å². The third-order valence-corrected chi connectivity index (χ3v) is 4.19. The number of benzene rings is 2. The number of nitro benzene ring substituents is 2. The summed E-state index contributed by atoms with van der Waals surface area (Å²) < 4.78 is 0. The number of thiocarbonyl (C=S) groups is 1. The van der Waals surface area contributed by atoms with E-state index in [1.807, 2.05) is 0 Å². The molecule has 14 heteroatoms. The summed E-state index contributed by atoms with van der Waals surface area (Å²) in [4.78, 5) is 39.8. The van der Waals surface area contributed by atoms with Gasteiger partial charge in [0.05, 0.1) is 20.9 Å². The van der Waals surface area contributed by atoms with Crippen molar-refractivity contribution in [1.82, 2.24) is 15.4 Å². The lowest BCUT2D eigenvalue weighted by molar-refractivity contribution is -0.385. The second-order valence-corrected chi connectivity index (χ2v) is 6.54. The van der Waals surface area contributed by atoms with Gasteiger partial charge in [0.2, 0.25) is 0 Å². The van der Waals surface area contributed by atoms with Gasteiger partial charge in [-0.15, -0.1) is 0 Å². The lowest BCUT2D eigenvalue weighted by atomic mass is 10.0. The Morgan fingerprint density at radius 3 is 2.35 bits per heavy atom. The van der Waals surface area contributed by atoms with Crippen LogP contribution in [-0.4, -0.2) is 35.7 Å². The standard InChI is InChI=1S/C17H13N7O6S/c18-17(31)22-21-13(15(25)8-1-3-9(4-2-8)23(27)28)14-16(26)20-12-7-10(24(29)30)5-6-11(12)19-14/h1-7,15,25H,(H,20,26)(H3,18,22,31)/b21-13-. The maximum absolute atomic E-state index is 12.6. The Hall–Kier alpha value is -4.30. The molecule has 1 aromatic heterocycles. The number of nitrogens with two attached hydrogens (primary N) is 1. The van der Waals surface area contributed by atoms with Gasteiger partial charge >= 0.3 is 0 Å². The maximum Gasteiger partial charge on any atom is 0.276 e. The van der Waals surface area contributed by atoms with Crippen LogP contribution < -0.4 is 16.7 Å². The Morgan fingerprint density at radius 1 is 1.16 bits per heavy atom. The number of nitrogens with one attached hydrogen (secondary N) is 2. The molecule has 0 amide bonds. The largest absolute Gasteiger partial charge is 0.382 e. The highest BCUT2D eigenvalue weighted by molar-refractivity contribution is 7.80. The van der Waals surface area contributed by atoms with Crippen molar-refractivity contribution < 1.29 is 15.0 Å². The van der Waals surface area contributed by atoms with Crippen LogP contribution in [0.4, 0.5) is 11.4 Å². The second kappa shape index (κ2) is 8.60. The summed E-state index contributed by atoms with van der Waals surface area (Å²) in [7, 11) is 0.